The lowest BCUT2D eigenvalue weighted by molar-refractivity contribution is 0.397. The van der Waals surface area contributed by atoms with Crippen molar-refractivity contribution in [3.05, 3.63) is 28.8 Å². The molecule has 0 aliphatic carbocycles. The second-order valence-corrected chi connectivity index (χ2v) is 7.80. The average Bonchev–Trinajstić information content (AvgIpc) is 2.38. The topological polar surface area (TPSA) is 63.4 Å². The van der Waals surface area contributed by atoms with E-state index in [9.17, 15) is 8.42 Å². The molecule has 0 radical (unpaired) electrons. The van der Waals surface area contributed by atoms with Crippen molar-refractivity contribution >= 4 is 21.6 Å². The van der Waals surface area contributed by atoms with Crippen molar-refractivity contribution in [2.45, 2.75) is 38.1 Å². The molecule has 0 bridgehead atoms. The van der Waals surface area contributed by atoms with Gasteiger partial charge in [0.1, 0.15) is 4.90 Å². The van der Waals surface area contributed by atoms with E-state index in [0.29, 0.717) is 18.9 Å². The van der Waals surface area contributed by atoms with Gasteiger partial charge in [0.25, 0.3) is 0 Å². The molecule has 1 unspecified atom stereocenters. The van der Waals surface area contributed by atoms with Crippen molar-refractivity contribution in [3.63, 3.8) is 0 Å². The molecular formula is C14H23ClN2O2S. The zero-order valence-corrected chi connectivity index (χ0v) is 14.0. The fourth-order valence-electron chi connectivity index (χ4n) is 1.77. The fourth-order valence-corrected chi connectivity index (χ4v) is 3.51. The molecule has 1 atom stereocenters. The van der Waals surface area contributed by atoms with Crippen LogP contribution in [0.4, 0.5) is 0 Å². The van der Waals surface area contributed by atoms with Gasteiger partial charge in [-0.25, -0.2) is 12.7 Å². The fraction of sp³-hybridized carbons (Fsp3) is 0.571. The van der Waals surface area contributed by atoms with E-state index < -0.39 is 10.0 Å². The summed E-state index contributed by atoms with van der Waals surface area (Å²) >= 11 is 6.10. The first-order valence-electron chi connectivity index (χ1n) is 6.65. The van der Waals surface area contributed by atoms with Crippen LogP contribution in [0.1, 0.15) is 25.8 Å². The van der Waals surface area contributed by atoms with Crippen LogP contribution in [0.3, 0.4) is 0 Å². The van der Waals surface area contributed by atoms with Gasteiger partial charge < -0.3 is 5.73 Å². The lowest BCUT2D eigenvalue weighted by Crippen LogP contribution is -2.34. The number of halogens is 1. The molecule has 0 saturated heterocycles. The van der Waals surface area contributed by atoms with E-state index in [1.54, 1.807) is 26.1 Å². The summed E-state index contributed by atoms with van der Waals surface area (Å²) < 4.78 is 26.3. The average molecular weight is 319 g/mol. The van der Waals surface area contributed by atoms with Crippen LogP contribution in [-0.4, -0.2) is 32.4 Å². The van der Waals surface area contributed by atoms with Crippen LogP contribution >= 0.6 is 11.6 Å². The minimum Gasteiger partial charge on any atom is -0.327 e. The van der Waals surface area contributed by atoms with Gasteiger partial charge in [0.05, 0.1) is 5.02 Å². The van der Waals surface area contributed by atoms with Gasteiger partial charge in [-0.1, -0.05) is 37.6 Å². The molecule has 20 heavy (non-hydrogen) atoms. The maximum atomic E-state index is 12.5. The Balaban J connectivity index is 2.91. The highest BCUT2D eigenvalue weighted by atomic mass is 35.5. The zero-order chi connectivity index (χ0) is 15.5. The number of aryl methyl sites for hydroxylation is 1. The van der Waals surface area contributed by atoms with Crippen molar-refractivity contribution in [2.24, 2.45) is 11.7 Å². The number of benzene rings is 1. The Morgan fingerprint density at radius 1 is 1.35 bits per heavy atom. The van der Waals surface area contributed by atoms with Crippen LogP contribution in [0.2, 0.25) is 5.02 Å². The van der Waals surface area contributed by atoms with Gasteiger partial charge in [-0.15, -0.1) is 0 Å². The van der Waals surface area contributed by atoms with E-state index in [-0.39, 0.29) is 16.0 Å². The molecule has 0 aliphatic heterocycles. The summed E-state index contributed by atoms with van der Waals surface area (Å²) in [7, 11) is -2.01. The minimum atomic E-state index is -3.57. The predicted molar refractivity (Wildman–Crippen MR) is 83.4 cm³/mol. The molecule has 0 heterocycles. The quantitative estimate of drug-likeness (QED) is 0.877. The lowest BCUT2D eigenvalue weighted by Gasteiger charge is -2.22. The maximum absolute atomic E-state index is 12.5. The van der Waals surface area contributed by atoms with Gasteiger partial charge in [-0.05, 0) is 30.9 Å². The van der Waals surface area contributed by atoms with Gasteiger partial charge in [-0.2, -0.15) is 0 Å². The Morgan fingerprint density at radius 2 is 1.95 bits per heavy atom. The van der Waals surface area contributed by atoms with Gasteiger partial charge in [0, 0.05) is 19.6 Å². The standard InChI is InChI=1S/C14H23ClN2O2S/c1-10(2)12(16)8-9-17(4)20(18,19)13-7-5-6-11(3)14(13)15/h5-7,10,12H,8-9,16H2,1-4H3. The molecule has 0 fully saturated rings. The Morgan fingerprint density at radius 3 is 2.50 bits per heavy atom. The van der Waals surface area contributed by atoms with Crippen LogP contribution in [0.25, 0.3) is 0 Å². The summed E-state index contributed by atoms with van der Waals surface area (Å²) in [6.07, 6.45) is 0.622. The van der Waals surface area contributed by atoms with E-state index in [4.69, 9.17) is 17.3 Å². The van der Waals surface area contributed by atoms with Gasteiger partial charge >= 0.3 is 0 Å². The molecule has 1 aromatic carbocycles. The van der Waals surface area contributed by atoms with E-state index in [1.165, 1.54) is 10.4 Å². The molecule has 0 saturated carbocycles. The maximum Gasteiger partial charge on any atom is 0.244 e. The van der Waals surface area contributed by atoms with Crippen LogP contribution in [0, 0.1) is 12.8 Å². The number of rotatable bonds is 6. The number of sulfonamides is 1. The van der Waals surface area contributed by atoms with Crippen molar-refractivity contribution in [2.75, 3.05) is 13.6 Å². The zero-order valence-electron chi connectivity index (χ0n) is 12.4. The Labute approximate surface area is 127 Å². The second kappa shape index (κ2) is 6.89. The lowest BCUT2D eigenvalue weighted by atomic mass is 10.0. The van der Waals surface area contributed by atoms with E-state index >= 15 is 0 Å². The van der Waals surface area contributed by atoms with Crippen molar-refractivity contribution < 1.29 is 8.42 Å². The predicted octanol–water partition coefficient (Wildman–Crippen LogP) is 2.64. The highest BCUT2D eigenvalue weighted by Gasteiger charge is 2.24. The van der Waals surface area contributed by atoms with Gasteiger partial charge in [-0.3, -0.25) is 0 Å². The number of hydrogen-bond donors (Lipinski definition) is 1. The molecule has 1 rings (SSSR count). The van der Waals surface area contributed by atoms with Crippen molar-refractivity contribution in [3.8, 4) is 0 Å². The summed E-state index contributed by atoms with van der Waals surface area (Å²) in [5.41, 5.74) is 6.70. The molecule has 0 spiro atoms. The molecule has 114 valence electrons. The Bertz CT molecular complexity index is 558. The molecule has 0 amide bonds. The Hall–Kier alpha value is -0.620. The minimum absolute atomic E-state index is 0.0133. The Kier molecular flexibility index (Phi) is 6.01. The van der Waals surface area contributed by atoms with Gasteiger partial charge in [0.15, 0.2) is 0 Å². The molecule has 4 nitrogen and oxygen atoms in total. The van der Waals surface area contributed by atoms with Crippen molar-refractivity contribution in [1.29, 1.82) is 0 Å². The number of nitrogens with zero attached hydrogens (tertiary/aromatic N) is 1. The number of nitrogens with two attached hydrogens (primary N) is 1. The van der Waals surface area contributed by atoms with Crippen molar-refractivity contribution in [1.82, 2.24) is 4.31 Å². The highest BCUT2D eigenvalue weighted by molar-refractivity contribution is 7.89. The van der Waals surface area contributed by atoms with E-state index in [1.807, 2.05) is 13.8 Å². The second-order valence-electron chi connectivity index (χ2n) is 5.41. The van der Waals surface area contributed by atoms with Crippen LogP contribution in [-0.2, 0) is 10.0 Å². The number of hydrogen-bond acceptors (Lipinski definition) is 3. The first-order chi connectivity index (χ1) is 9.17. The summed E-state index contributed by atoms with van der Waals surface area (Å²) in [6.45, 7) is 6.22. The normalized spacial score (nSPS) is 14.0. The first kappa shape index (κ1) is 17.4. The monoisotopic (exact) mass is 318 g/mol. The summed E-state index contributed by atoms with van der Waals surface area (Å²) in [5, 5.41) is 0.285. The summed E-state index contributed by atoms with van der Waals surface area (Å²) in [4.78, 5) is 0.153. The third kappa shape index (κ3) is 3.95. The summed E-state index contributed by atoms with van der Waals surface area (Å²) in [6, 6.07) is 5.00. The highest BCUT2D eigenvalue weighted by Crippen LogP contribution is 2.27. The van der Waals surface area contributed by atoms with E-state index in [2.05, 4.69) is 0 Å². The smallest absolute Gasteiger partial charge is 0.244 e. The van der Waals surface area contributed by atoms with Gasteiger partial charge in [0.2, 0.25) is 10.0 Å². The third-order valence-corrected chi connectivity index (χ3v) is 5.99. The first-order valence-corrected chi connectivity index (χ1v) is 8.46. The largest absolute Gasteiger partial charge is 0.327 e. The van der Waals surface area contributed by atoms with Crippen LogP contribution < -0.4 is 5.73 Å². The SMILES string of the molecule is Cc1cccc(S(=O)(=O)N(C)CCC(N)C(C)C)c1Cl. The van der Waals surface area contributed by atoms with Crippen LogP contribution in [0.5, 0.6) is 0 Å². The molecule has 0 aliphatic rings. The molecule has 2 N–H and O–H groups in total. The molecular weight excluding hydrogens is 296 g/mol. The van der Waals surface area contributed by atoms with E-state index in [0.717, 1.165) is 5.56 Å². The third-order valence-electron chi connectivity index (χ3n) is 3.48. The summed E-state index contributed by atoms with van der Waals surface area (Å²) in [5.74, 6) is 0.327. The van der Waals surface area contributed by atoms with Crippen LogP contribution in [0.15, 0.2) is 23.1 Å². The molecule has 0 aromatic heterocycles. The molecule has 6 heteroatoms. The molecule has 1 aromatic rings.